The molecular weight excluding hydrogens is 234 g/mol. The Hall–Kier alpha value is -1.06. The van der Waals surface area contributed by atoms with Crippen LogP contribution in [0.3, 0.4) is 0 Å². The summed E-state index contributed by atoms with van der Waals surface area (Å²) in [5.41, 5.74) is 7.36. The molecule has 1 aromatic carbocycles. The Morgan fingerprint density at radius 1 is 1.21 bits per heavy atom. The maximum atomic E-state index is 6.09. The molecule has 0 saturated carbocycles. The van der Waals surface area contributed by atoms with E-state index in [1.807, 2.05) is 0 Å². The molecule has 0 radical (unpaired) electrons. The van der Waals surface area contributed by atoms with Gasteiger partial charge in [0.1, 0.15) is 0 Å². The summed E-state index contributed by atoms with van der Waals surface area (Å²) in [6.45, 7) is 6.55. The van der Waals surface area contributed by atoms with Crippen molar-refractivity contribution in [3.63, 3.8) is 0 Å². The van der Waals surface area contributed by atoms with Crippen LogP contribution in [-0.4, -0.2) is 36.6 Å². The van der Waals surface area contributed by atoms with Crippen LogP contribution < -0.4 is 11.1 Å². The molecule has 0 amide bonds. The van der Waals surface area contributed by atoms with E-state index in [2.05, 4.69) is 47.5 Å². The van der Waals surface area contributed by atoms with Crippen LogP contribution in [0.1, 0.15) is 32.6 Å². The van der Waals surface area contributed by atoms with Crippen LogP contribution >= 0.6 is 0 Å². The van der Waals surface area contributed by atoms with E-state index in [-0.39, 0.29) is 5.54 Å². The third kappa shape index (κ3) is 3.95. The smallest absolute Gasteiger partial charge is 0.0508 e. The van der Waals surface area contributed by atoms with Gasteiger partial charge in [-0.3, -0.25) is 0 Å². The summed E-state index contributed by atoms with van der Waals surface area (Å²) in [6.07, 6.45) is 4.77. The highest BCUT2D eigenvalue weighted by Crippen LogP contribution is 2.26. The lowest BCUT2D eigenvalue weighted by Crippen LogP contribution is -2.46. The SMILES string of the molecule is CCCN1CCCC(CN)(Nc2ccccc2)CC1. The highest BCUT2D eigenvalue weighted by Gasteiger charge is 2.30. The van der Waals surface area contributed by atoms with Crippen LogP contribution in [0.2, 0.25) is 0 Å². The van der Waals surface area contributed by atoms with E-state index in [1.54, 1.807) is 0 Å². The number of para-hydroxylation sites is 1. The zero-order chi connectivity index (χ0) is 13.6. The van der Waals surface area contributed by atoms with Gasteiger partial charge in [0.15, 0.2) is 0 Å². The second-order valence-electron chi connectivity index (χ2n) is 5.67. The van der Waals surface area contributed by atoms with E-state index in [4.69, 9.17) is 5.73 Å². The minimum Gasteiger partial charge on any atom is -0.378 e. The Bertz CT molecular complexity index is 366. The van der Waals surface area contributed by atoms with Crippen LogP contribution in [0.4, 0.5) is 5.69 Å². The fraction of sp³-hybridized carbons (Fsp3) is 0.625. The van der Waals surface area contributed by atoms with E-state index in [0.29, 0.717) is 6.54 Å². The molecule has 1 fully saturated rings. The number of anilines is 1. The molecule has 0 aliphatic carbocycles. The molecule has 1 atom stereocenters. The molecule has 0 aromatic heterocycles. The van der Waals surface area contributed by atoms with Crippen molar-refractivity contribution in [2.24, 2.45) is 5.73 Å². The van der Waals surface area contributed by atoms with Gasteiger partial charge < -0.3 is 16.0 Å². The van der Waals surface area contributed by atoms with Gasteiger partial charge in [-0.05, 0) is 50.9 Å². The highest BCUT2D eigenvalue weighted by molar-refractivity contribution is 5.45. The molecule has 1 aromatic rings. The summed E-state index contributed by atoms with van der Waals surface area (Å²) in [4.78, 5) is 2.57. The number of nitrogens with two attached hydrogens (primary N) is 1. The van der Waals surface area contributed by atoms with E-state index in [9.17, 15) is 0 Å². The lowest BCUT2D eigenvalue weighted by atomic mass is 9.90. The highest BCUT2D eigenvalue weighted by atomic mass is 15.1. The number of hydrogen-bond donors (Lipinski definition) is 2. The predicted molar refractivity (Wildman–Crippen MR) is 82.4 cm³/mol. The van der Waals surface area contributed by atoms with Crippen molar-refractivity contribution in [3.05, 3.63) is 30.3 Å². The van der Waals surface area contributed by atoms with Crippen molar-refractivity contribution in [2.75, 3.05) is 31.5 Å². The van der Waals surface area contributed by atoms with Crippen LogP contribution in [0.25, 0.3) is 0 Å². The number of benzene rings is 1. The average molecular weight is 261 g/mol. The second kappa shape index (κ2) is 6.92. The van der Waals surface area contributed by atoms with E-state index >= 15 is 0 Å². The quantitative estimate of drug-likeness (QED) is 0.856. The summed E-state index contributed by atoms with van der Waals surface area (Å²) in [5, 5.41) is 3.70. The van der Waals surface area contributed by atoms with Gasteiger partial charge in [-0.1, -0.05) is 25.1 Å². The molecular formula is C16H27N3. The molecule has 1 aliphatic rings. The summed E-state index contributed by atoms with van der Waals surface area (Å²) >= 11 is 0. The van der Waals surface area contributed by atoms with Crippen LogP contribution in [-0.2, 0) is 0 Å². The first-order valence-electron chi connectivity index (χ1n) is 7.54. The average Bonchev–Trinajstić information content (AvgIpc) is 2.64. The predicted octanol–water partition coefficient (Wildman–Crippen LogP) is 2.69. The molecule has 1 unspecified atom stereocenters. The van der Waals surface area contributed by atoms with Crippen molar-refractivity contribution < 1.29 is 0 Å². The Labute approximate surface area is 117 Å². The molecule has 2 rings (SSSR count). The van der Waals surface area contributed by atoms with Gasteiger partial charge in [0.25, 0.3) is 0 Å². The van der Waals surface area contributed by atoms with Crippen molar-refractivity contribution in [1.82, 2.24) is 4.90 Å². The van der Waals surface area contributed by atoms with Crippen LogP contribution in [0.15, 0.2) is 30.3 Å². The summed E-state index contributed by atoms with van der Waals surface area (Å²) in [5.74, 6) is 0. The first-order chi connectivity index (χ1) is 9.28. The Morgan fingerprint density at radius 3 is 2.68 bits per heavy atom. The molecule has 1 heterocycles. The molecule has 3 nitrogen and oxygen atoms in total. The molecule has 0 bridgehead atoms. The maximum absolute atomic E-state index is 6.09. The third-order valence-electron chi connectivity index (χ3n) is 4.15. The van der Waals surface area contributed by atoms with Crippen molar-refractivity contribution in [1.29, 1.82) is 0 Å². The van der Waals surface area contributed by atoms with Gasteiger partial charge in [-0.15, -0.1) is 0 Å². The molecule has 19 heavy (non-hydrogen) atoms. The van der Waals surface area contributed by atoms with Crippen molar-refractivity contribution in [2.45, 2.75) is 38.1 Å². The number of hydrogen-bond acceptors (Lipinski definition) is 3. The van der Waals surface area contributed by atoms with Gasteiger partial charge in [-0.25, -0.2) is 0 Å². The maximum Gasteiger partial charge on any atom is 0.0508 e. The normalized spacial score (nSPS) is 24.9. The summed E-state index contributed by atoms with van der Waals surface area (Å²) in [6, 6.07) is 10.5. The fourth-order valence-electron chi connectivity index (χ4n) is 3.00. The second-order valence-corrected chi connectivity index (χ2v) is 5.67. The molecule has 3 N–H and O–H groups in total. The molecule has 0 spiro atoms. The van der Waals surface area contributed by atoms with E-state index in [1.165, 1.54) is 38.0 Å². The first-order valence-corrected chi connectivity index (χ1v) is 7.54. The van der Waals surface area contributed by atoms with E-state index < -0.39 is 0 Å². The number of rotatable bonds is 5. The molecule has 106 valence electrons. The van der Waals surface area contributed by atoms with Gasteiger partial charge in [0.2, 0.25) is 0 Å². The molecule has 1 aliphatic heterocycles. The molecule has 3 heteroatoms. The van der Waals surface area contributed by atoms with Crippen LogP contribution in [0.5, 0.6) is 0 Å². The van der Waals surface area contributed by atoms with Crippen molar-refractivity contribution >= 4 is 5.69 Å². The minimum absolute atomic E-state index is 0.0733. The Balaban J connectivity index is 2.02. The third-order valence-corrected chi connectivity index (χ3v) is 4.15. The Kier molecular flexibility index (Phi) is 5.23. The van der Waals surface area contributed by atoms with Crippen LogP contribution in [0, 0.1) is 0 Å². The Morgan fingerprint density at radius 2 is 2.00 bits per heavy atom. The lowest BCUT2D eigenvalue weighted by Gasteiger charge is -2.34. The number of nitrogens with one attached hydrogen (secondary N) is 1. The van der Waals surface area contributed by atoms with Crippen molar-refractivity contribution in [3.8, 4) is 0 Å². The topological polar surface area (TPSA) is 41.3 Å². The lowest BCUT2D eigenvalue weighted by molar-refractivity contribution is 0.279. The van der Waals surface area contributed by atoms with Gasteiger partial charge in [-0.2, -0.15) is 0 Å². The monoisotopic (exact) mass is 261 g/mol. The number of likely N-dealkylation sites (tertiary alicyclic amines) is 1. The van der Waals surface area contributed by atoms with Gasteiger partial charge in [0, 0.05) is 18.8 Å². The minimum atomic E-state index is 0.0733. The summed E-state index contributed by atoms with van der Waals surface area (Å²) < 4.78 is 0. The zero-order valence-corrected chi connectivity index (χ0v) is 12.1. The standard InChI is InChI=1S/C16H27N3/c1-2-11-19-12-6-9-16(14-17,10-13-19)18-15-7-4-3-5-8-15/h3-5,7-8,18H,2,6,9-14,17H2,1H3. The fourth-order valence-corrected chi connectivity index (χ4v) is 3.00. The largest absolute Gasteiger partial charge is 0.378 e. The van der Waals surface area contributed by atoms with Gasteiger partial charge >= 0.3 is 0 Å². The summed E-state index contributed by atoms with van der Waals surface area (Å²) in [7, 11) is 0. The molecule has 1 saturated heterocycles. The first kappa shape index (κ1) is 14.4. The zero-order valence-electron chi connectivity index (χ0n) is 12.1. The number of nitrogens with zero attached hydrogens (tertiary/aromatic N) is 1. The van der Waals surface area contributed by atoms with Gasteiger partial charge in [0.05, 0.1) is 5.54 Å². The van der Waals surface area contributed by atoms with E-state index in [0.717, 1.165) is 13.0 Å².